The van der Waals surface area contributed by atoms with Gasteiger partial charge in [-0.1, -0.05) is 13.0 Å². The summed E-state index contributed by atoms with van der Waals surface area (Å²) < 4.78 is 0. The summed E-state index contributed by atoms with van der Waals surface area (Å²) in [6, 6.07) is 2.46. The molecule has 1 aromatic heterocycles. The lowest BCUT2D eigenvalue weighted by atomic mass is 10.1. The van der Waals surface area contributed by atoms with Gasteiger partial charge in [-0.15, -0.1) is 0 Å². The van der Waals surface area contributed by atoms with E-state index in [1.165, 1.54) is 12.8 Å². The third-order valence-electron chi connectivity index (χ3n) is 6.40. The molecule has 2 aliphatic heterocycles. The van der Waals surface area contributed by atoms with Crippen LogP contribution in [0.15, 0.2) is 36.2 Å². The number of aromatic nitrogens is 1. The second-order valence-corrected chi connectivity index (χ2v) is 8.88. The predicted molar refractivity (Wildman–Crippen MR) is 123 cm³/mol. The molecule has 168 valence electrons. The molecule has 1 amide bonds. The number of hydroxylamine groups is 1. The van der Waals surface area contributed by atoms with Crippen molar-refractivity contribution in [3.05, 3.63) is 47.3 Å². The molecule has 1 saturated carbocycles. The number of likely N-dealkylation sites (tertiary alicyclic amines) is 1. The second kappa shape index (κ2) is 9.51. The average Bonchev–Trinajstić information content (AvgIpc) is 3.55. The molecule has 4 unspecified atom stereocenters. The standard InChI is InChI=1S/C24H35N5O2/c1-5-10-28(20-9-8-17(3)31-27-22(14-20)25-4)23-16(2)12-19(15-26-23)24(30)29-11-6-7-18-13-21(18)29/h8-9,12,14-15,17-18,21-22,25,27H,5-7,10-11,13H2,1-4H3. The smallest absolute Gasteiger partial charge is 0.255 e. The van der Waals surface area contributed by atoms with E-state index in [0.29, 0.717) is 11.6 Å². The van der Waals surface area contributed by atoms with Crippen LogP contribution in [-0.4, -0.2) is 54.2 Å². The number of hydrogen-bond donors (Lipinski definition) is 2. The molecule has 1 aliphatic carbocycles. The maximum atomic E-state index is 13.1. The molecular formula is C24H35N5O2. The number of aryl methyl sites for hydroxylation is 1. The zero-order valence-electron chi connectivity index (χ0n) is 19.1. The number of pyridine rings is 1. The Morgan fingerprint density at radius 3 is 3.03 bits per heavy atom. The number of hydrogen-bond acceptors (Lipinski definition) is 6. The number of likely N-dealkylation sites (N-methyl/N-ethyl adjacent to an activating group) is 1. The van der Waals surface area contributed by atoms with E-state index in [-0.39, 0.29) is 18.2 Å². The van der Waals surface area contributed by atoms with E-state index in [2.05, 4.69) is 39.7 Å². The van der Waals surface area contributed by atoms with Gasteiger partial charge in [0, 0.05) is 31.0 Å². The molecule has 7 nitrogen and oxygen atoms in total. The Bertz CT molecular complexity index is 868. The van der Waals surface area contributed by atoms with Crippen LogP contribution >= 0.6 is 0 Å². The van der Waals surface area contributed by atoms with Crippen LogP contribution in [0.3, 0.4) is 0 Å². The number of carbonyl (C=O) groups is 1. The molecule has 1 aromatic rings. The highest BCUT2D eigenvalue weighted by Gasteiger charge is 2.46. The number of anilines is 1. The zero-order valence-corrected chi connectivity index (χ0v) is 19.1. The summed E-state index contributed by atoms with van der Waals surface area (Å²) in [5.41, 5.74) is 5.81. The zero-order chi connectivity index (χ0) is 22.0. The molecule has 0 aromatic carbocycles. The molecule has 1 saturated heterocycles. The largest absolute Gasteiger partial charge is 0.335 e. The number of rotatable bonds is 6. The molecule has 2 fully saturated rings. The number of nitrogens with one attached hydrogen (secondary N) is 2. The van der Waals surface area contributed by atoms with E-state index < -0.39 is 0 Å². The first-order valence-electron chi connectivity index (χ1n) is 11.6. The fourth-order valence-electron chi connectivity index (χ4n) is 4.62. The predicted octanol–water partition coefficient (Wildman–Crippen LogP) is 3.14. The van der Waals surface area contributed by atoms with E-state index >= 15 is 0 Å². The summed E-state index contributed by atoms with van der Waals surface area (Å²) in [7, 11) is 1.89. The van der Waals surface area contributed by atoms with Gasteiger partial charge < -0.3 is 9.80 Å². The minimum atomic E-state index is -0.117. The monoisotopic (exact) mass is 425 g/mol. The first-order chi connectivity index (χ1) is 15.0. The van der Waals surface area contributed by atoms with Crippen molar-refractivity contribution in [1.82, 2.24) is 20.7 Å². The number of nitrogens with zero attached hydrogens (tertiary/aromatic N) is 3. The van der Waals surface area contributed by atoms with Crippen molar-refractivity contribution >= 4 is 11.7 Å². The highest BCUT2D eigenvalue weighted by molar-refractivity contribution is 5.95. The van der Waals surface area contributed by atoms with Crippen molar-refractivity contribution in [1.29, 1.82) is 0 Å². The SMILES string of the molecule is CCCN(C1=CC(NC)NOC(C)C=C1)c1ncc(C(=O)N2CCCC3CC32)cc1C. The molecule has 0 spiro atoms. The van der Waals surface area contributed by atoms with Gasteiger partial charge in [0.1, 0.15) is 12.0 Å². The van der Waals surface area contributed by atoms with Crippen LogP contribution in [0, 0.1) is 12.8 Å². The number of fused-ring (bicyclic) bond motifs is 1. The first-order valence-corrected chi connectivity index (χ1v) is 11.6. The summed E-state index contributed by atoms with van der Waals surface area (Å²) >= 11 is 0. The van der Waals surface area contributed by atoms with Crippen LogP contribution in [0.2, 0.25) is 0 Å². The summed E-state index contributed by atoms with van der Waals surface area (Å²) in [5, 5.41) is 3.21. The molecule has 31 heavy (non-hydrogen) atoms. The average molecular weight is 426 g/mol. The van der Waals surface area contributed by atoms with Crippen LogP contribution in [0.1, 0.15) is 55.5 Å². The summed E-state index contributed by atoms with van der Waals surface area (Å²) in [6.45, 7) is 7.91. The number of carbonyl (C=O) groups excluding carboxylic acids is 1. The molecule has 7 heteroatoms. The van der Waals surface area contributed by atoms with Gasteiger partial charge in [0.2, 0.25) is 0 Å². The van der Waals surface area contributed by atoms with Crippen LogP contribution in [-0.2, 0) is 4.84 Å². The lowest BCUT2D eigenvalue weighted by molar-refractivity contribution is -0.00897. The maximum Gasteiger partial charge on any atom is 0.255 e. The van der Waals surface area contributed by atoms with Gasteiger partial charge in [0.15, 0.2) is 0 Å². The minimum Gasteiger partial charge on any atom is -0.335 e. The van der Waals surface area contributed by atoms with Gasteiger partial charge in [-0.05, 0) is 76.3 Å². The topological polar surface area (TPSA) is 69.7 Å². The highest BCUT2D eigenvalue weighted by atomic mass is 16.7. The fraction of sp³-hybridized carbons (Fsp3) is 0.583. The molecule has 3 heterocycles. The van der Waals surface area contributed by atoms with Crippen LogP contribution in [0.4, 0.5) is 5.82 Å². The third kappa shape index (κ3) is 4.84. The third-order valence-corrected chi connectivity index (χ3v) is 6.40. The number of allylic oxidation sites excluding steroid dienone is 1. The van der Waals surface area contributed by atoms with Crippen LogP contribution in [0.25, 0.3) is 0 Å². The maximum absolute atomic E-state index is 13.1. The van der Waals surface area contributed by atoms with Gasteiger partial charge in [-0.3, -0.25) is 14.9 Å². The highest BCUT2D eigenvalue weighted by Crippen LogP contribution is 2.43. The Morgan fingerprint density at radius 2 is 2.29 bits per heavy atom. The first kappa shape index (κ1) is 22.0. The van der Waals surface area contributed by atoms with E-state index in [4.69, 9.17) is 9.82 Å². The Hall–Kier alpha value is -2.22. The van der Waals surface area contributed by atoms with Gasteiger partial charge in [-0.25, -0.2) is 4.98 Å². The van der Waals surface area contributed by atoms with Gasteiger partial charge >= 0.3 is 0 Å². The number of amides is 1. The van der Waals surface area contributed by atoms with Crippen LogP contribution in [0.5, 0.6) is 0 Å². The van der Waals surface area contributed by atoms with Crippen LogP contribution < -0.4 is 15.7 Å². The van der Waals surface area contributed by atoms with Gasteiger partial charge in [0.05, 0.1) is 11.7 Å². The molecule has 4 rings (SSSR count). The molecule has 2 N–H and O–H groups in total. The van der Waals surface area contributed by atoms with E-state index in [0.717, 1.165) is 48.9 Å². The van der Waals surface area contributed by atoms with E-state index in [1.54, 1.807) is 6.20 Å². The molecule has 0 bridgehead atoms. The van der Waals surface area contributed by atoms with E-state index in [9.17, 15) is 4.79 Å². The lowest BCUT2D eigenvalue weighted by Gasteiger charge is -2.30. The Balaban J connectivity index is 1.61. The van der Waals surface area contributed by atoms with Gasteiger partial charge in [0.25, 0.3) is 5.91 Å². The summed E-state index contributed by atoms with van der Waals surface area (Å²) in [5.74, 6) is 1.75. The van der Waals surface area contributed by atoms with Gasteiger partial charge in [-0.2, -0.15) is 5.48 Å². The molecular weight excluding hydrogens is 390 g/mol. The molecule has 3 aliphatic rings. The lowest BCUT2D eigenvalue weighted by Crippen LogP contribution is -2.42. The van der Waals surface area contributed by atoms with Crippen molar-refractivity contribution in [2.75, 3.05) is 25.0 Å². The normalized spacial score (nSPS) is 27.7. The minimum absolute atomic E-state index is 0.0483. The van der Waals surface area contributed by atoms with Crippen molar-refractivity contribution in [2.45, 2.75) is 64.8 Å². The number of piperidine rings is 1. The van der Waals surface area contributed by atoms with Crippen molar-refractivity contribution < 1.29 is 9.63 Å². The Morgan fingerprint density at radius 1 is 1.45 bits per heavy atom. The Kier molecular flexibility index (Phi) is 6.74. The van der Waals surface area contributed by atoms with E-state index in [1.807, 2.05) is 33.0 Å². The molecule has 0 radical (unpaired) electrons. The fourth-order valence-corrected chi connectivity index (χ4v) is 4.62. The molecule has 4 atom stereocenters. The van der Waals surface area contributed by atoms with Crippen molar-refractivity contribution in [3.8, 4) is 0 Å². The quantitative estimate of drug-likeness (QED) is 0.730. The Labute approximate surface area is 185 Å². The second-order valence-electron chi connectivity index (χ2n) is 8.88. The summed E-state index contributed by atoms with van der Waals surface area (Å²) in [4.78, 5) is 27.8. The summed E-state index contributed by atoms with van der Waals surface area (Å²) in [6.07, 6.45) is 12.3. The van der Waals surface area contributed by atoms with Crippen molar-refractivity contribution in [2.24, 2.45) is 5.92 Å². The van der Waals surface area contributed by atoms with Crippen molar-refractivity contribution in [3.63, 3.8) is 0 Å².